The summed E-state index contributed by atoms with van der Waals surface area (Å²) in [6.07, 6.45) is 7.78. The minimum Gasteiger partial charge on any atom is -0.494 e. The van der Waals surface area contributed by atoms with Crippen molar-refractivity contribution in [2.24, 2.45) is 5.92 Å². The quantitative estimate of drug-likeness (QED) is 0.0276. The van der Waals surface area contributed by atoms with E-state index in [1.165, 1.54) is 6.07 Å². The van der Waals surface area contributed by atoms with Gasteiger partial charge in [-0.15, -0.1) is 0 Å². The molecule has 0 N–H and O–H groups in total. The van der Waals surface area contributed by atoms with Crippen LogP contribution in [0.1, 0.15) is 68.1 Å². The van der Waals surface area contributed by atoms with Crippen LogP contribution in [0.3, 0.4) is 0 Å². The predicted octanol–water partition coefficient (Wildman–Crippen LogP) is 7.94. The molecular formula is C38H38N2O10S2. The number of ether oxygens (including phenoxy) is 6. The van der Waals surface area contributed by atoms with E-state index in [0.717, 1.165) is 42.3 Å². The number of nitrogens with zero attached hydrogens (tertiary/aromatic N) is 2. The lowest BCUT2D eigenvalue weighted by Crippen LogP contribution is -2.29. The molecule has 2 aliphatic rings. The van der Waals surface area contributed by atoms with Gasteiger partial charge >= 0.3 is 23.9 Å². The van der Waals surface area contributed by atoms with Crippen LogP contribution in [0.2, 0.25) is 0 Å². The standard InChI is InChI=1S/C38H38N2O10S2/c1-4-32(41)48-23-9-8-22-47-28-17-13-26(14-18-28)37(44)50-31-20-19-30(34-35(31)52-38(51-34)29(24-39)40-3)49-36(43)25-11-15-27(16-12-25)46-21-7-6-10-33(42)45-5-2/h4-5,11-12,15-16,19-20,26,28H,1-2,6-10,13-14,17-18,21-23H2. The number of rotatable bonds is 18. The zero-order valence-electron chi connectivity index (χ0n) is 28.5. The molecular weight excluding hydrogens is 709 g/mol. The number of carbonyl (C=O) groups excluding carboxylic acids is 4. The van der Waals surface area contributed by atoms with Gasteiger partial charge in [0.15, 0.2) is 0 Å². The summed E-state index contributed by atoms with van der Waals surface area (Å²) in [4.78, 5) is 53.2. The zero-order valence-corrected chi connectivity index (χ0v) is 30.1. The highest BCUT2D eigenvalue weighted by atomic mass is 32.2. The number of hydrogen-bond donors (Lipinski definition) is 0. The first kappa shape index (κ1) is 39.8. The van der Waals surface area contributed by atoms with Crippen molar-refractivity contribution in [1.82, 2.24) is 0 Å². The maximum absolute atomic E-state index is 13.3. The molecule has 1 fully saturated rings. The topological polar surface area (TPSA) is 152 Å². The SMILES string of the molecule is [C-]#[N+]C(C#N)=C1Sc2c(OC(=O)c3ccc(OCCCCC(=O)OC=C)cc3)ccc(OC(=O)C3CCC(OCCCCOC(=O)C=C)CC3)c2S1. The van der Waals surface area contributed by atoms with Gasteiger partial charge in [-0.1, -0.05) is 36.7 Å². The highest BCUT2D eigenvalue weighted by Gasteiger charge is 2.33. The number of fused-ring (bicyclic) bond motifs is 1. The summed E-state index contributed by atoms with van der Waals surface area (Å²) in [5, 5.41) is 9.52. The summed E-state index contributed by atoms with van der Waals surface area (Å²) in [5.74, 6) is -1.15. The lowest BCUT2D eigenvalue weighted by atomic mass is 9.87. The Morgan fingerprint density at radius 1 is 0.885 bits per heavy atom. The van der Waals surface area contributed by atoms with Crippen molar-refractivity contribution in [2.45, 2.75) is 73.7 Å². The lowest BCUT2D eigenvalue weighted by Gasteiger charge is -2.27. The molecule has 1 aliphatic heterocycles. The second-order valence-corrected chi connectivity index (χ2v) is 13.8. The minimum absolute atomic E-state index is 0.0332. The Morgan fingerprint density at radius 3 is 2.17 bits per heavy atom. The van der Waals surface area contributed by atoms with Gasteiger partial charge in [0.1, 0.15) is 17.2 Å². The van der Waals surface area contributed by atoms with Gasteiger partial charge in [-0.25, -0.2) is 19.7 Å². The number of thioether (sulfide) groups is 2. The molecule has 0 atom stereocenters. The van der Waals surface area contributed by atoms with E-state index in [1.54, 1.807) is 30.3 Å². The van der Waals surface area contributed by atoms with Gasteiger partial charge in [0, 0.05) is 19.1 Å². The zero-order chi connectivity index (χ0) is 37.3. The number of allylic oxidation sites excluding steroid dienone is 1. The number of nitriles is 1. The Kier molecular flexibility index (Phi) is 15.9. The molecule has 1 heterocycles. The molecule has 0 amide bonds. The molecule has 272 valence electrons. The van der Waals surface area contributed by atoms with Gasteiger partial charge in [0.2, 0.25) is 0 Å². The van der Waals surface area contributed by atoms with Gasteiger partial charge in [-0.05, 0) is 87.8 Å². The summed E-state index contributed by atoms with van der Waals surface area (Å²) >= 11 is 2.23. The van der Waals surface area contributed by atoms with Crippen LogP contribution >= 0.6 is 23.5 Å². The highest BCUT2D eigenvalue weighted by molar-refractivity contribution is 8.24. The number of esters is 4. The molecule has 14 heteroatoms. The monoisotopic (exact) mass is 746 g/mol. The molecule has 0 aromatic heterocycles. The predicted molar refractivity (Wildman–Crippen MR) is 192 cm³/mol. The van der Waals surface area contributed by atoms with Crippen molar-refractivity contribution in [1.29, 1.82) is 5.26 Å². The molecule has 0 bridgehead atoms. The average Bonchev–Trinajstić information content (AvgIpc) is 3.61. The van der Waals surface area contributed by atoms with Crippen LogP contribution in [0.25, 0.3) is 4.85 Å². The van der Waals surface area contributed by atoms with Crippen LogP contribution in [0.5, 0.6) is 17.2 Å². The van der Waals surface area contributed by atoms with E-state index in [2.05, 4.69) is 22.7 Å². The second-order valence-electron chi connectivity index (χ2n) is 11.5. The summed E-state index contributed by atoms with van der Waals surface area (Å²) in [6, 6.07) is 11.4. The molecule has 1 saturated carbocycles. The lowest BCUT2D eigenvalue weighted by molar-refractivity contribution is -0.141. The molecule has 0 spiro atoms. The van der Waals surface area contributed by atoms with Gasteiger partial charge < -0.3 is 28.4 Å². The molecule has 2 aromatic carbocycles. The van der Waals surface area contributed by atoms with Gasteiger partial charge in [-0.2, -0.15) is 0 Å². The van der Waals surface area contributed by atoms with Crippen molar-refractivity contribution in [2.75, 3.05) is 19.8 Å². The first-order valence-corrected chi connectivity index (χ1v) is 18.3. The van der Waals surface area contributed by atoms with Crippen molar-refractivity contribution >= 4 is 47.4 Å². The van der Waals surface area contributed by atoms with Crippen LogP contribution in [-0.2, 0) is 28.6 Å². The van der Waals surface area contributed by atoms with E-state index in [4.69, 9.17) is 30.3 Å². The van der Waals surface area contributed by atoms with Crippen LogP contribution in [-0.4, -0.2) is 49.8 Å². The summed E-state index contributed by atoms with van der Waals surface area (Å²) in [7, 11) is 0. The number of hydrogen-bond acceptors (Lipinski definition) is 13. The van der Waals surface area contributed by atoms with Crippen molar-refractivity contribution in [3.8, 4) is 23.3 Å². The Bertz CT molecular complexity index is 1740. The van der Waals surface area contributed by atoms with E-state index in [9.17, 15) is 24.4 Å². The summed E-state index contributed by atoms with van der Waals surface area (Å²) in [6.45, 7) is 15.4. The molecule has 12 nitrogen and oxygen atoms in total. The minimum atomic E-state index is -0.636. The Labute approximate surface area is 310 Å². The third-order valence-electron chi connectivity index (χ3n) is 7.91. The smallest absolute Gasteiger partial charge is 0.343 e. The first-order valence-electron chi connectivity index (χ1n) is 16.7. The fourth-order valence-corrected chi connectivity index (χ4v) is 7.67. The molecule has 4 rings (SSSR count). The molecule has 52 heavy (non-hydrogen) atoms. The van der Waals surface area contributed by atoms with Crippen molar-refractivity contribution in [3.63, 3.8) is 0 Å². The fraction of sp³-hybridized carbons (Fsp3) is 0.368. The van der Waals surface area contributed by atoms with Gasteiger partial charge in [-0.3, -0.25) is 9.59 Å². The molecule has 1 aliphatic carbocycles. The van der Waals surface area contributed by atoms with Crippen LogP contribution in [0.15, 0.2) is 81.6 Å². The molecule has 0 radical (unpaired) electrons. The molecule has 2 aromatic rings. The Hall–Kier alpha value is -5.02. The van der Waals surface area contributed by atoms with E-state index < -0.39 is 11.9 Å². The van der Waals surface area contributed by atoms with Crippen LogP contribution in [0.4, 0.5) is 0 Å². The maximum Gasteiger partial charge on any atom is 0.343 e. The average molecular weight is 747 g/mol. The summed E-state index contributed by atoms with van der Waals surface area (Å²) in [5.41, 5.74) is 0.145. The molecule has 0 unspecified atom stereocenters. The van der Waals surface area contributed by atoms with Crippen molar-refractivity contribution in [3.05, 3.63) is 88.8 Å². The van der Waals surface area contributed by atoms with Crippen LogP contribution < -0.4 is 14.2 Å². The normalized spacial score (nSPS) is 17.0. The number of benzene rings is 2. The number of carbonyl (C=O) groups is 4. The number of unbranched alkanes of at least 4 members (excludes halogenated alkanes) is 2. The third-order valence-corrected chi connectivity index (χ3v) is 10.5. The van der Waals surface area contributed by atoms with Crippen molar-refractivity contribution < 1.29 is 47.6 Å². The highest BCUT2D eigenvalue weighted by Crippen LogP contribution is 2.59. The maximum atomic E-state index is 13.3. The Morgan fingerprint density at radius 2 is 1.54 bits per heavy atom. The van der Waals surface area contributed by atoms with E-state index in [0.29, 0.717) is 84.5 Å². The van der Waals surface area contributed by atoms with E-state index >= 15 is 0 Å². The fourth-order valence-electron chi connectivity index (χ4n) is 5.20. The van der Waals surface area contributed by atoms with Crippen LogP contribution in [0, 0.1) is 23.8 Å². The van der Waals surface area contributed by atoms with Gasteiger partial charge in [0.05, 0.1) is 63.7 Å². The second kappa shape index (κ2) is 20.7. The summed E-state index contributed by atoms with van der Waals surface area (Å²) < 4.78 is 33.3. The first-order chi connectivity index (χ1) is 25.3. The van der Waals surface area contributed by atoms with E-state index in [-0.39, 0.29) is 53.1 Å². The van der Waals surface area contributed by atoms with E-state index in [1.807, 2.05) is 6.07 Å². The third kappa shape index (κ3) is 11.8. The molecule has 0 saturated heterocycles. The largest absolute Gasteiger partial charge is 0.494 e. The Balaban J connectivity index is 1.33. The van der Waals surface area contributed by atoms with Gasteiger partial charge in [0.25, 0.3) is 5.70 Å².